The number of hydrogen-bond donors (Lipinski definition) is 1. The molecule has 0 aliphatic rings. The summed E-state index contributed by atoms with van der Waals surface area (Å²) in [5.74, 6) is -0.661. The molecular weight excluding hydrogens is 340 g/mol. The molecule has 1 heterocycles. The van der Waals surface area contributed by atoms with Crippen molar-refractivity contribution in [2.45, 2.75) is 0 Å². The molecule has 2 rings (SSSR count). The van der Waals surface area contributed by atoms with E-state index in [9.17, 15) is 25.0 Å². The second-order valence-electron chi connectivity index (χ2n) is 4.24. The van der Waals surface area contributed by atoms with Crippen molar-refractivity contribution in [3.05, 3.63) is 61.5 Å². The van der Waals surface area contributed by atoms with E-state index in [4.69, 9.17) is 4.74 Å². The number of nitrogens with one attached hydrogen (secondary N) is 1. The van der Waals surface area contributed by atoms with E-state index >= 15 is 0 Å². The van der Waals surface area contributed by atoms with E-state index in [1.807, 2.05) is 0 Å². The van der Waals surface area contributed by atoms with Gasteiger partial charge in [-0.2, -0.15) is 5.10 Å². The maximum atomic E-state index is 11.6. The summed E-state index contributed by atoms with van der Waals surface area (Å²) in [4.78, 5) is 32.3. The first-order chi connectivity index (χ1) is 11.5. The molecule has 1 amide bonds. The third-order valence-corrected chi connectivity index (χ3v) is 3.57. The van der Waals surface area contributed by atoms with Crippen LogP contribution in [0.15, 0.2) is 41.5 Å². The van der Waals surface area contributed by atoms with Gasteiger partial charge in [0.2, 0.25) is 0 Å². The number of nitro groups is 2. The van der Waals surface area contributed by atoms with E-state index in [1.165, 1.54) is 36.5 Å². The third kappa shape index (κ3) is 4.58. The van der Waals surface area contributed by atoms with Gasteiger partial charge in [-0.1, -0.05) is 23.5 Å². The highest BCUT2D eigenvalue weighted by molar-refractivity contribution is 7.16. The molecule has 0 saturated carbocycles. The first-order valence-electron chi connectivity index (χ1n) is 6.39. The molecule has 24 heavy (non-hydrogen) atoms. The Labute approximate surface area is 138 Å². The highest BCUT2D eigenvalue weighted by atomic mass is 32.1. The zero-order valence-electron chi connectivity index (χ0n) is 11.9. The van der Waals surface area contributed by atoms with Crippen LogP contribution in [-0.2, 0) is 4.79 Å². The van der Waals surface area contributed by atoms with Crippen molar-refractivity contribution in [3.8, 4) is 5.75 Å². The van der Waals surface area contributed by atoms with Crippen LogP contribution in [0.3, 0.4) is 0 Å². The zero-order valence-corrected chi connectivity index (χ0v) is 12.8. The minimum Gasteiger partial charge on any atom is -0.477 e. The van der Waals surface area contributed by atoms with Gasteiger partial charge in [0, 0.05) is 12.1 Å². The van der Waals surface area contributed by atoms with Crippen molar-refractivity contribution in [2.24, 2.45) is 5.10 Å². The maximum absolute atomic E-state index is 11.6. The molecule has 0 radical (unpaired) electrons. The van der Waals surface area contributed by atoms with Crippen LogP contribution in [-0.4, -0.2) is 28.6 Å². The molecule has 0 aliphatic heterocycles. The molecule has 0 atom stereocenters. The molecular formula is C13H10N4O6S. The lowest BCUT2D eigenvalue weighted by atomic mass is 10.3. The molecule has 0 fully saturated rings. The highest BCUT2D eigenvalue weighted by Crippen LogP contribution is 2.25. The number of carbonyl (C=O) groups excluding carboxylic acids is 1. The second-order valence-corrected chi connectivity index (χ2v) is 5.33. The third-order valence-electron chi connectivity index (χ3n) is 2.59. The fraction of sp³-hybridized carbons (Fsp3) is 0.0769. The monoisotopic (exact) mass is 350 g/mol. The van der Waals surface area contributed by atoms with Gasteiger partial charge in [-0.25, -0.2) is 5.43 Å². The van der Waals surface area contributed by atoms with Gasteiger partial charge >= 0.3 is 10.7 Å². The van der Waals surface area contributed by atoms with Gasteiger partial charge in [0.1, 0.15) is 0 Å². The summed E-state index contributed by atoms with van der Waals surface area (Å²) in [5.41, 5.74) is 1.91. The smallest absolute Gasteiger partial charge is 0.324 e. The predicted molar refractivity (Wildman–Crippen MR) is 85.3 cm³/mol. The van der Waals surface area contributed by atoms with Crippen LogP contribution < -0.4 is 10.2 Å². The maximum Gasteiger partial charge on any atom is 0.324 e. The quantitative estimate of drug-likeness (QED) is 0.461. The Balaban J connectivity index is 1.86. The van der Waals surface area contributed by atoms with E-state index in [0.29, 0.717) is 4.88 Å². The van der Waals surface area contributed by atoms with E-state index in [1.54, 1.807) is 6.07 Å². The number of carbonyl (C=O) groups is 1. The van der Waals surface area contributed by atoms with Crippen molar-refractivity contribution < 1.29 is 19.4 Å². The fourth-order valence-corrected chi connectivity index (χ4v) is 2.28. The lowest BCUT2D eigenvalue weighted by Gasteiger charge is -2.05. The van der Waals surface area contributed by atoms with Crippen LogP contribution >= 0.6 is 11.3 Å². The second kappa shape index (κ2) is 7.78. The molecule has 1 N–H and O–H groups in total. The molecule has 0 aliphatic carbocycles. The van der Waals surface area contributed by atoms with Crippen molar-refractivity contribution >= 4 is 34.1 Å². The minimum atomic E-state index is -0.629. The largest absolute Gasteiger partial charge is 0.477 e. The summed E-state index contributed by atoms with van der Waals surface area (Å²) >= 11 is 0.902. The standard InChI is InChI=1S/C13H10N4O6S/c18-12(8-23-11-4-2-1-3-10(11)16(19)20)15-14-7-9-5-6-13(24-9)17(21)22/h1-7H,8H2,(H,15,18). The first kappa shape index (κ1) is 17.0. The number of ether oxygens (including phenoxy) is 1. The summed E-state index contributed by atoms with van der Waals surface area (Å²) in [6, 6.07) is 8.47. The van der Waals surface area contributed by atoms with Crippen molar-refractivity contribution in [3.63, 3.8) is 0 Å². The lowest BCUT2D eigenvalue weighted by Crippen LogP contribution is -2.24. The normalized spacial score (nSPS) is 10.5. The number of hydrazone groups is 1. The Morgan fingerprint density at radius 2 is 1.96 bits per heavy atom. The van der Waals surface area contributed by atoms with Gasteiger partial charge < -0.3 is 4.74 Å². The van der Waals surface area contributed by atoms with Crippen LogP contribution in [0, 0.1) is 20.2 Å². The van der Waals surface area contributed by atoms with Crippen molar-refractivity contribution in [1.82, 2.24) is 5.43 Å². The van der Waals surface area contributed by atoms with E-state index < -0.39 is 22.4 Å². The van der Waals surface area contributed by atoms with E-state index in [-0.39, 0.29) is 16.4 Å². The summed E-state index contributed by atoms with van der Waals surface area (Å²) in [5, 5.41) is 24.9. The van der Waals surface area contributed by atoms with E-state index in [2.05, 4.69) is 10.5 Å². The van der Waals surface area contributed by atoms with Crippen LogP contribution in [0.5, 0.6) is 5.75 Å². The molecule has 1 aromatic heterocycles. The number of hydrogen-bond acceptors (Lipinski definition) is 8. The summed E-state index contributed by atoms with van der Waals surface area (Å²) in [6.45, 7) is -0.465. The number of rotatable bonds is 7. The van der Waals surface area contributed by atoms with Crippen molar-refractivity contribution in [1.29, 1.82) is 0 Å². The molecule has 0 bridgehead atoms. The molecule has 124 valence electrons. The average Bonchev–Trinajstić information content (AvgIpc) is 3.02. The van der Waals surface area contributed by atoms with Gasteiger partial charge in [-0.05, 0) is 12.1 Å². The fourth-order valence-electron chi connectivity index (χ4n) is 1.58. The number of amides is 1. The predicted octanol–water partition coefficient (Wildman–Crippen LogP) is 2.09. The summed E-state index contributed by atoms with van der Waals surface area (Å²) in [6.07, 6.45) is 1.25. The number of nitrogens with zero attached hydrogens (tertiary/aromatic N) is 3. The molecule has 0 spiro atoms. The van der Waals surface area contributed by atoms with Crippen LogP contribution in [0.1, 0.15) is 4.88 Å². The minimum absolute atomic E-state index is 0.0319. The molecule has 2 aromatic rings. The molecule has 10 nitrogen and oxygen atoms in total. The Morgan fingerprint density at radius 3 is 2.62 bits per heavy atom. The molecule has 0 saturated heterocycles. The topological polar surface area (TPSA) is 137 Å². The Kier molecular flexibility index (Phi) is 5.52. The van der Waals surface area contributed by atoms with E-state index in [0.717, 1.165) is 11.3 Å². The Hall–Kier alpha value is -3.34. The van der Waals surface area contributed by atoms with Crippen LogP contribution in [0.2, 0.25) is 0 Å². The number of thiophene rings is 1. The SMILES string of the molecule is O=C(COc1ccccc1[N+](=O)[O-])NN=Cc1ccc([N+](=O)[O-])s1. The average molecular weight is 350 g/mol. The Morgan fingerprint density at radius 1 is 1.21 bits per heavy atom. The molecule has 1 aromatic carbocycles. The van der Waals surface area contributed by atoms with Crippen LogP contribution in [0.25, 0.3) is 0 Å². The van der Waals surface area contributed by atoms with Gasteiger partial charge in [0.05, 0.1) is 20.9 Å². The number of para-hydroxylation sites is 2. The van der Waals surface area contributed by atoms with Gasteiger partial charge in [0.25, 0.3) is 5.91 Å². The lowest BCUT2D eigenvalue weighted by molar-refractivity contribution is -0.385. The van der Waals surface area contributed by atoms with Gasteiger partial charge in [0.15, 0.2) is 12.4 Å². The van der Waals surface area contributed by atoms with Gasteiger partial charge in [-0.15, -0.1) is 0 Å². The summed E-state index contributed by atoms with van der Waals surface area (Å²) < 4.78 is 5.08. The highest BCUT2D eigenvalue weighted by Gasteiger charge is 2.14. The van der Waals surface area contributed by atoms with Gasteiger partial charge in [-0.3, -0.25) is 25.0 Å². The Bertz CT molecular complexity index is 803. The number of nitro benzene ring substituents is 1. The first-order valence-corrected chi connectivity index (χ1v) is 7.21. The number of benzene rings is 1. The van der Waals surface area contributed by atoms with Crippen molar-refractivity contribution in [2.75, 3.05) is 6.61 Å². The molecule has 11 heteroatoms. The van der Waals surface area contributed by atoms with Crippen LogP contribution in [0.4, 0.5) is 10.7 Å². The summed E-state index contributed by atoms with van der Waals surface area (Å²) in [7, 11) is 0. The molecule has 0 unspecified atom stereocenters. The zero-order chi connectivity index (χ0) is 17.5.